The molecule has 0 spiro atoms. The topological polar surface area (TPSA) is 53.6 Å². The van der Waals surface area contributed by atoms with E-state index in [0.717, 1.165) is 32.6 Å². The Kier molecular flexibility index (Phi) is 4.80. The second-order valence-corrected chi connectivity index (χ2v) is 5.20. The van der Waals surface area contributed by atoms with Gasteiger partial charge in [0.25, 0.3) is 0 Å². The van der Waals surface area contributed by atoms with Gasteiger partial charge >= 0.3 is 0 Å². The van der Waals surface area contributed by atoms with Crippen LogP contribution in [0.25, 0.3) is 0 Å². The lowest BCUT2D eigenvalue weighted by molar-refractivity contribution is 0.307. The van der Waals surface area contributed by atoms with E-state index in [0.29, 0.717) is 5.96 Å². The van der Waals surface area contributed by atoms with Crippen LogP contribution in [-0.2, 0) is 0 Å². The van der Waals surface area contributed by atoms with Crippen molar-refractivity contribution in [1.82, 2.24) is 10.2 Å². The highest BCUT2D eigenvalue weighted by Crippen LogP contribution is 2.00. The van der Waals surface area contributed by atoms with E-state index in [4.69, 9.17) is 5.73 Å². The van der Waals surface area contributed by atoms with Crippen molar-refractivity contribution >= 4 is 5.96 Å². The van der Waals surface area contributed by atoms with E-state index < -0.39 is 0 Å². The number of aliphatic imine (C=N–C) groups is 1. The lowest BCUT2D eigenvalue weighted by Crippen LogP contribution is -2.45. The van der Waals surface area contributed by atoms with Crippen LogP contribution >= 0.6 is 0 Å². The van der Waals surface area contributed by atoms with E-state index in [1.165, 1.54) is 0 Å². The first kappa shape index (κ1) is 13.0. The van der Waals surface area contributed by atoms with Gasteiger partial charge in [-0.3, -0.25) is 9.89 Å². The Morgan fingerprint density at radius 2 is 2.19 bits per heavy atom. The molecule has 16 heavy (non-hydrogen) atoms. The lowest BCUT2D eigenvalue weighted by atomic mass is 10.1. The van der Waals surface area contributed by atoms with Crippen molar-refractivity contribution in [2.24, 2.45) is 10.7 Å². The number of hydrogen-bond donors (Lipinski definition) is 2. The fourth-order valence-electron chi connectivity index (χ4n) is 1.63. The highest BCUT2D eigenvalue weighted by Gasteiger charge is 2.10. The number of nitrogens with two attached hydrogens (primary N) is 1. The second kappa shape index (κ2) is 5.89. The maximum Gasteiger partial charge on any atom is 0.189 e. The van der Waals surface area contributed by atoms with Crippen LogP contribution in [0.15, 0.2) is 17.1 Å². The van der Waals surface area contributed by atoms with Gasteiger partial charge in [0.1, 0.15) is 0 Å². The van der Waals surface area contributed by atoms with Crippen molar-refractivity contribution < 1.29 is 0 Å². The molecule has 0 saturated carbocycles. The van der Waals surface area contributed by atoms with E-state index in [1.807, 2.05) is 0 Å². The molecule has 1 heterocycles. The van der Waals surface area contributed by atoms with Crippen molar-refractivity contribution in [2.45, 2.75) is 32.7 Å². The molecule has 4 nitrogen and oxygen atoms in total. The zero-order chi connectivity index (χ0) is 12.0. The van der Waals surface area contributed by atoms with Gasteiger partial charge in [-0.2, -0.15) is 0 Å². The third-order valence-electron chi connectivity index (χ3n) is 2.34. The smallest absolute Gasteiger partial charge is 0.189 e. The van der Waals surface area contributed by atoms with Crippen molar-refractivity contribution in [2.75, 3.05) is 26.2 Å². The molecule has 0 amide bonds. The molecule has 0 bridgehead atoms. The minimum atomic E-state index is -0.0125. The largest absolute Gasteiger partial charge is 0.370 e. The molecule has 0 unspecified atom stereocenters. The number of rotatable bonds is 3. The highest BCUT2D eigenvalue weighted by molar-refractivity contribution is 5.78. The maximum absolute atomic E-state index is 5.78. The highest BCUT2D eigenvalue weighted by atomic mass is 15.2. The van der Waals surface area contributed by atoms with Crippen LogP contribution in [0.2, 0.25) is 0 Å². The zero-order valence-corrected chi connectivity index (χ0v) is 10.7. The van der Waals surface area contributed by atoms with Crippen molar-refractivity contribution in [3.05, 3.63) is 12.2 Å². The Hall–Kier alpha value is -1.03. The molecule has 0 radical (unpaired) electrons. The number of nitrogens with one attached hydrogen (secondary N) is 1. The summed E-state index contributed by atoms with van der Waals surface area (Å²) >= 11 is 0. The molecule has 0 aliphatic carbocycles. The van der Waals surface area contributed by atoms with Crippen LogP contribution in [0, 0.1) is 0 Å². The van der Waals surface area contributed by atoms with Gasteiger partial charge in [-0.05, 0) is 27.2 Å². The first-order valence-electron chi connectivity index (χ1n) is 5.93. The predicted octanol–water partition coefficient (Wildman–Crippen LogP) is 0.951. The predicted molar refractivity (Wildman–Crippen MR) is 69.6 cm³/mol. The standard InChI is InChI=1S/C12H24N4/c1-12(2,3)15-11(13)14-7-10-16-8-5-4-6-9-16/h4-5H,6-10H2,1-3H3,(H3,13,14,15). The van der Waals surface area contributed by atoms with E-state index in [-0.39, 0.29) is 5.54 Å². The molecule has 92 valence electrons. The minimum absolute atomic E-state index is 0.0125. The summed E-state index contributed by atoms with van der Waals surface area (Å²) in [6.07, 6.45) is 5.60. The summed E-state index contributed by atoms with van der Waals surface area (Å²) in [5, 5.41) is 3.15. The van der Waals surface area contributed by atoms with Gasteiger partial charge in [-0.15, -0.1) is 0 Å². The second-order valence-electron chi connectivity index (χ2n) is 5.20. The summed E-state index contributed by atoms with van der Waals surface area (Å²) in [5.41, 5.74) is 5.77. The molecule has 1 rings (SSSR count). The van der Waals surface area contributed by atoms with E-state index in [1.54, 1.807) is 0 Å². The third kappa shape index (κ3) is 5.75. The first-order valence-corrected chi connectivity index (χ1v) is 5.93. The summed E-state index contributed by atoms with van der Waals surface area (Å²) in [7, 11) is 0. The maximum atomic E-state index is 5.78. The Balaban J connectivity index is 2.22. The molecular formula is C12H24N4. The quantitative estimate of drug-likeness (QED) is 0.426. The Labute approximate surface area is 98.6 Å². The van der Waals surface area contributed by atoms with Gasteiger partial charge in [-0.1, -0.05) is 12.2 Å². The fourth-order valence-corrected chi connectivity index (χ4v) is 1.63. The van der Waals surface area contributed by atoms with Gasteiger partial charge in [0.15, 0.2) is 5.96 Å². The SMILES string of the molecule is CC(C)(C)NC(N)=NCCN1CC=CCC1. The average Bonchev–Trinajstić information content (AvgIpc) is 2.16. The van der Waals surface area contributed by atoms with Gasteiger partial charge < -0.3 is 11.1 Å². The normalized spacial score (nSPS) is 18.8. The number of guanidine groups is 1. The molecule has 0 aromatic rings. The summed E-state index contributed by atoms with van der Waals surface area (Å²) in [4.78, 5) is 6.70. The molecule has 0 atom stereocenters. The summed E-state index contributed by atoms with van der Waals surface area (Å²) in [6.45, 7) is 10.2. The Morgan fingerprint density at radius 1 is 1.44 bits per heavy atom. The minimum Gasteiger partial charge on any atom is -0.370 e. The van der Waals surface area contributed by atoms with Gasteiger partial charge in [0.05, 0.1) is 6.54 Å². The first-order chi connectivity index (χ1) is 7.47. The summed E-state index contributed by atoms with van der Waals surface area (Å²) in [5.74, 6) is 0.542. The number of hydrogen-bond acceptors (Lipinski definition) is 2. The van der Waals surface area contributed by atoms with Gasteiger partial charge in [0, 0.05) is 25.2 Å². The molecule has 1 aliphatic heterocycles. The monoisotopic (exact) mass is 224 g/mol. The van der Waals surface area contributed by atoms with Crippen molar-refractivity contribution in [3.63, 3.8) is 0 Å². The summed E-state index contributed by atoms with van der Waals surface area (Å²) < 4.78 is 0. The van der Waals surface area contributed by atoms with Crippen molar-refractivity contribution in [3.8, 4) is 0 Å². The van der Waals surface area contributed by atoms with Gasteiger partial charge in [-0.25, -0.2) is 0 Å². The molecular weight excluding hydrogens is 200 g/mol. The molecule has 3 N–H and O–H groups in total. The lowest BCUT2D eigenvalue weighted by Gasteiger charge is -2.23. The van der Waals surface area contributed by atoms with E-state index >= 15 is 0 Å². The molecule has 0 fully saturated rings. The van der Waals surface area contributed by atoms with E-state index in [9.17, 15) is 0 Å². The molecule has 0 saturated heterocycles. The zero-order valence-electron chi connectivity index (χ0n) is 10.7. The van der Waals surface area contributed by atoms with Crippen LogP contribution in [-0.4, -0.2) is 42.6 Å². The van der Waals surface area contributed by atoms with Crippen LogP contribution in [0.4, 0.5) is 0 Å². The van der Waals surface area contributed by atoms with E-state index in [2.05, 4.69) is 48.1 Å². The number of nitrogens with zero attached hydrogens (tertiary/aromatic N) is 2. The molecule has 1 aliphatic rings. The Bertz CT molecular complexity index is 263. The van der Waals surface area contributed by atoms with Crippen molar-refractivity contribution in [1.29, 1.82) is 0 Å². The molecule has 4 heteroatoms. The third-order valence-corrected chi connectivity index (χ3v) is 2.34. The van der Waals surface area contributed by atoms with Crippen LogP contribution in [0.3, 0.4) is 0 Å². The summed E-state index contributed by atoms with van der Waals surface area (Å²) in [6, 6.07) is 0. The molecule has 0 aromatic heterocycles. The van der Waals surface area contributed by atoms with Crippen LogP contribution in [0.5, 0.6) is 0 Å². The fraction of sp³-hybridized carbons (Fsp3) is 0.750. The molecule has 0 aromatic carbocycles. The van der Waals surface area contributed by atoms with Gasteiger partial charge in [0.2, 0.25) is 0 Å². The van der Waals surface area contributed by atoms with Crippen LogP contribution in [0.1, 0.15) is 27.2 Å². The average molecular weight is 224 g/mol. The van der Waals surface area contributed by atoms with Crippen LogP contribution < -0.4 is 11.1 Å². The Morgan fingerprint density at radius 3 is 2.75 bits per heavy atom.